The van der Waals surface area contributed by atoms with Gasteiger partial charge in [-0.1, -0.05) is 5.16 Å². The van der Waals surface area contributed by atoms with E-state index in [1.54, 1.807) is 10.7 Å². The van der Waals surface area contributed by atoms with Crippen molar-refractivity contribution in [2.45, 2.75) is 19.3 Å². The van der Waals surface area contributed by atoms with Crippen LogP contribution in [0.4, 0.5) is 8.78 Å². The van der Waals surface area contributed by atoms with Crippen LogP contribution in [0.3, 0.4) is 0 Å². The molecule has 0 unspecified atom stereocenters. The molecule has 2 heterocycles. The van der Waals surface area contributed by atoms with Crippen molar-refractivity contribution in [2.75, 3.05) is 0 Å². The van der Waals surface area contributed by atoms with Crippen LogP contribution in [-0.4, -0.2) is 21.4 Å². The van der Waals surface area contributed by atoms with Gasteiger partial charge in [-0.15, -0.1) is 0 Å². The zero-order valence-electron chi connectivity index (χ0n) is 9.03. The molecule has 0 aliphatic rings. The molecule has 7 heteroatoms. The number of hydrogen-bond donors (Lipinski definition) is 0. The third-order valence-electron chi connectivity index (χ3n) is 2.19. The summed E-state index contributed by atoms with van der Waals surface area (Å²) < 4.78 is 31.8. The number of nitrogens with zero attached hydrogens (tertiary/aromatic N) is 3. The smallest absolute Gasteiger partial charge is 0.244 e. The molecule has 2 aromatic heterocycles. The van der Waals surface area contributed by atoms with E-state index in [0.717, 1.165) is 9.26 Å². The molecule has 0 fully saturated rings. The first-order chi connectivity index (χ1) is 8.04. The largest absolute Gasteiger partial charge is 0.361 e. The molecule has 17 heavy (non-hydrogen) atoms. The van der Waals surface area contributed by atoms with E-state index in [-0.39, 0.29) is 12.1 Å². The van der Waals surface area contributed by atoms with E-state index < -0.39 is 6.43 Å². The summed E-state index contributed by atoms with van der Waals surface area (Å²) in [7, 11) is 1.83. The minimum absolute atomic E-state index is 0.286. The van der Waals surface area contributed by atoms with Crippen LogP contribution in [0.1, 0.15) is 17.0 Å². The van der Waals surface area contributed by atoms with Gasteiger partial charge in [0.05, 0.1) is 12.1 Å². The molecular weight excluding hydrogens is 343 g/mol. The summed E-state index contributed by atoms with van der Waals surface area (Å²) in [6.07, 6.45) is -0.376. The van der Waals surface area contributed by atoms with Gasteiger partial charge in [-0.3, -0.25) is 4.68 Å². The van der Waals surface area contributed by atoms with Gasteiger partial charge in [0.1, 0.15) is 9.46 Å². The fourth-order valence-electron chi connectivity index (χ4n) is 1.51. The second-order valence-electron chi connectivity index (χ2n) is 3.68. The average Bonchev–Trinajstić information content (AvgIpc) is 2.74. The van der Waals surface area contributed by atoms with Crippen LogP contribution in [0.2, 0.25) is 0 Å². The first kappa shape index (κ1) is 12.5. The van der Waals surface area contributed by atoms with Gasteiger partial charge < -0.3 is 4.52 Å². The minimum atomic E-state index is -2.40. The van der Waals surface area contributed by atoms with Gasteiger partial charge >= 0.3 is 0 Å². The van der Waals surface area contributed by atoms with Crippen molar-refractivity contribution in [1.29, 1.82) is 0 Å². The first-order valence-electron chi connectivity index (χ1n) is 4.95. The molecular formula is C10H10F2IN3O. The summed E-state index contributed by atoms with van der Waals surface area (Å²) in [6, 6.07) is 1.56. The monoisotopic (exact) mass is 353 g/mol. The van der Waals surface area contributed by atoms with Crippen LogP contribution < -0.4 is 0 Å². The third kappa shape index (κ3) is 3.24. The lowest BCUT2D eigenvalue weighted by atomic mass is 10.2. The topological polar surface area (TPSA) is 43.9 Å². The van der Waals surface area contributed by atoms with Crippen molar-refractivity contribution in [1.82, 2.24) is 14.9 Å². The molecule has 0 spiro atoms. The summed E-state index contributed by atoms with van der Waals surface area (Å²) in [4.78, 5) is 0. The molecule has 2 aromatic rings. The third-order valence-corrected chi connectivity index (χ3v) is 3.10. The molecule has 0 aromatic carbocycles. The molecule has 0 radical (unpaired) electrons. The van der Waals surface area contributed by atoms with Crippen LogP contribution in [-0.2, 0) is 19.9 Å². The Morgan fingerprint density at radius 2 is 2.29 bits per heavy atom. The lowest BCUT2D eigenvalue weighted by molar-refractivity contribution is 0.146. The molecule has 0 amide bonds. The highest BCUT2D eigenvalue weighted by molar-refractivity contribution is 14.1. The maximum Gasteiger partial charge on any atom is 0.244 e. The van der Waals surface area contributed by atoms with Crippen LogP contribution in [0.25, 0.3) is 0 Å². The number of aryl methyl sites for hydroxylation is 1. The summed E-state index contributed by atoms with van der Waals surface area (Å²) in [5.41, 5.74) is 1.28. The molecule has 4 nitrogen and oxygen atoms in total. The Labute approximate surface area is 110 Å². The zero-order valence-corrected chi connectivity index (χ0v) is 11.2. The van der Waals surface area contributed by atoms with E-state index >= 15 is 0 Å². The zero-order chi connectivity index (χ0) is 12.4. The minimum Gasteiger partial charge on any atom is -0.361 e. The standard InChI is InChI=1S/C10H10F2IN3O/c1-16-5-6(10(13)14-16)2-8-3-7(15-17-8)4-9(11)12/h3,5,9H,2,4H2,1H3. The Bertz CT molecular complexity index is 509. The van der Waals surface area contributed by atoms with Gasteiger partial charge in [0.25, 0.3) is 0 Å². The van der Waals surface area contributed by atoms with E-state index in [1.807, 2.05) is 13.2 Å². The van der Waals surface area contributed by atoms with Crippen LogP contribution in [0.5, 0.6) is 0 Å². The number of hydrogen-bond acceptors (Lipinski definition) is 3. The molecule has 0 aliphatic heterocycles. The van der Waals surface area contributed by atoms with Crippen LogP contribution in [0.15, 0.2) is 16.8 Å². The molecule has 0 saturated heterocycles. The number of alkyl halides is 2. The summed E-state index contributed by atoms with van der Waals surface area (Å²) in [5.74, 6) is 0.576. The molecule has 0 atom stereocenters. The maximum absolute atomic E-state index is 12.1. The van der Waals surface area contributed by atoms with Crippen LogP contribution in [0, 0.1) is 3.70 Å². The van der Waals surface area contributed by atoms with Crippen molar-refractivity contribution < 1.29 is 13.3 Å². The number of rotatable bonds is 4. The van der Waals surface area contributed by atoms with Gasteiger partial charge in [-0.25, -0.2) is 8.78 Å². The Kier molecular flexibility index (Phi) is 3.75. The highest BCUT2D eigenvalue weighted by Gasteiger charge is 2.12. The Balaban J connectivity index is 2.08. The Morgan fingerprint density at radius 3 is 2.88 bits per heavy atom. The highest BCUT2D eigenvalue weighted by atomic mass is 127. The van der Waals surface area contributed by atoms with E-state index in [0.29, 0.717) is 12.2 Å². The summed E-state index contributed by atoms with van der Waals surface area (Å²) in [6.45, 7) is 0. The van der Waals surface area contributed by atoms with Crippen molar-refractivity contribution in [3.05, 3.63) is 33.0 Å². The molecule has 0 N–H and O–H groups in total. The lowest BCUT2D eigenvalue weighted by Gasteiger charge is -1.91. The van der Waals surface area contributed by atoms with E-state index in [4.69, 9.17) is 4.52 Å². The maximum atomic E-state index is 12.1. The lowest BCUT2D eigenvalue weighted by Crippen LogP contribution is -1.96. The molecule has 92 valence electrons. The van der Waals surface area contributed by atoms with Gasteiger partial charge in [-0.2, -0.15) is 5.10 Å². The average molecular weight is 353 g/mol. The van der Waals surface area contributed by atoms with Crippen molar-refractivity contribution in [2.24, 2.45) is 7.05 Å². The van der Waals surface area contributed by atoms with Gasteiger partial charge in [0, 0.05) is 31.3 Å². The van der Waals surface area contributed by atoms with Crippen molar-refractivity contribution in [3.63, 3.8) is 0 Å². The second-order valence-corrected chi connectivity index (χ2v) is 4.70. The predicted octanol–water partition coefficient (Wildman–Crippen LogP) is 2.41. The summed E-state index contributed by atoms with van der Waals surface area (Å²) >= 11 is 2.12. The van der Waals surface area contributed by atoms with E-state index in [1.165, 1.54) is 0 Å². The van der Waals surface area contributed by atoms with E-state index in [2.05, 4.69) is 32.8 Å². The predicted molar refractivity (Wildman–Crippen MR) is 64.9 cm³/mol. The number of halogens is 3. The van der Waals surface area contributed by atoms with Crippen molar-refractivity contribution >= 4 is 22.6 Å². The van der Waals surface area contributed by atoms with Gasteiger partial charge in [0.2, 0.25) is 6.43 Å². The first-order valence-corrected chi connectivity index (χ1v) is 6.03. The quantitative estimate of drug-likeness (QED) is 0.793. The Morgan fingerprint density at radius 1 is 1.53 bits per heavy atom. The van der Waals surface area contributed by atoms with E-state index in [9.17, 15) is 8.78 Å². The molecule has 0 saturated carbocycles. The molecule has 2 rings (SSSR count). The highest BCUT2D eigenvalue weighted by Crippen LogP contribution is 2.16. The normalized spacial score (nSPS) is 11.4. The second kappa shape index (κ2) is 5.11. The Hall–Kier alpha value is -0.990. The van der Waals surface area contributed by atoms with Crippen LogP contribution >= 0.6 is 22.6 Å². The van der Waals surface area contributed by atoms with Crippen molar-refractivity contribution in [3.8, 4) is 0 Å². The fraction of sp³-hybridized carbons (Fsp3) is 0.400. The molecule has 0 bridgehead atoms. The molecule has 0 aliphatic carbocycles. The fourth-order valence-corrected chi connectivity index (χ4v) is 2.18. The number of aromatic nitrogens is 3. The van der Waals surface area contributed by atoms with Gasteiger partial charge in [0.15, 0.2) is 0 Å². The summed E-state index contributed by atoms with van der Waals surface area (Å²) in [5, 5.41) is 7.79. The SMILES string of the molecule is Cn1cc(Cc2cc(CC(F)F)no2)c(I)n1. The van der Waals surface area contributed by atoms with Gasteiger partial charge in [-0.05, 0) is 22.6 Å².